The van der Waals surface area contributed by atoms with Crippen molar-refractivity contribution in [3.8, 4) is 5.75 Å². The predicted octanol–water partition coefficient (Wildman–Crippen LogP) is 6.03. The third kappa shape index (κ3) is 4.72. The van der Waals surface area contributed by atoms with E-state index in [9.17, 15) is 0 Å². The third-order valence-electron chi connectivity index (χ3n) is 6.94. The Morgan fingerprint density at radius 1 is 1.08 bits per heavy atom. The van der Waals surface area contributed by atoms with E-state index in [2.05, 4.69) is 53.2 Å². The summed E-state index contributed by atoms with van der Waals surface area (Å²) in [6, 6.07) is 17.4. The Morgan fingerprint density at radius 3 is 2.39 bits per heavy atom. The molecule has 1 aliphatic heterocycles. The lowest BCUT2D eigenvalue weighted by Crippen LogP contribution is -2.49. The standard InChI is InChI=1S/C27H31ClN6OS/c1-26(2,3)22(23(33-18-29-17-30-33)35-21-13-11-19(28)12-14-21)31-24-27(15-7-8-16-27)34(25(36)32-24)20-9-5-4-6-10-20/h4-6,9-14,17-18,22-23H,7-8,15-16H2,1-3H3,(H,31,32,36). The maximum Gasteiger partial charge on any atom is 0.215 e. The largest absolute Gasteiger partial charge is 0.466 e. The van der Waals surface area contributed by atoms with Crippen LogP contribution in [0.4, 0.5) is 5.69 Å². The topological polar surface area (TPSA) is 67.6 Å². The number of nitrogens with one attached hydrogen (secondary N) is 1. The summed E-state index contributed by atoms with van der Waals surface area (Å²) in [6.07, 6.45) is 6.88. The molecule has 1 aromatic heterocycles. The van der Waals surface area contributed by atoms with E-state index in [4.69, 9.17) is 33.5 Å². The number of aliphatic imine (C=N–C) groups is 1. The zero-order valence-corrected chi connectivity index (χ0v) is 22.3. The van der Waals surface area contributed by atoms with E-state index in [1.54, 1.807) is 11.0 Å². The smallest absolute Gasteiger partial charge is 0.215 e. The van der Waals surface area contributed by atoms with Crippen LogP contribution in [0.2, 0.25) is 5.02 Å². The summed E-state index contributed by atoms with van der Waals surface area (Å²) in [7, 11) is 0. The minimum atomic E-state index is -0.527. The summed E-state index contributed by atoms with van der Waals surface area (Å²) in [5, 5.41) is 9.27. The molecule has 5 rings (SSSR count). The number of rotatable bonds is 6. The van der Waals surface area contributed by atoms with Crippen LogP contribution >= 0.6 is 23.8 Å². The molecule has 0 bridgehead atoms. The molecular formula is C27H31ClN6OS. The zero-order valence-electron chi connectivity index (χ0n) is 20.8. The van der Waals surface area contributed by atoms with Gasteiger partial charge in [0.15, 0.2) is 5.11 Å². The van der Waals surface area contributed by atoms with Crippen LogP contribution in [0.3, 0.4) is 0 Å². The molecule has 2 aliphatic rings. The molecular weight excluding hydrogens is 492 g/mol. The molecule has 0 amide bonds. The molecule has 2 fully saturated rings. The Bertz CT molecular complexity index is 1220. The van der Waals surface area contributed by atoms with Crippen LogP contribution in [-0.2, 0) is 0 Å². The Labute approximate surface area is 222 Å². The first-order valence-electron chi connectivity index (χ1n) is 12.3. The molecule has 1 aliphatic carbocycles. The number of aromatic nitrogens is 3. The molecule has 2 aromatic carbocycles. The molecule has 2 unspecified atom stereocenters. The molecule has 0 radical (unpaired) electrons. The Morgan fingerprint density at radius 2 is 1.78 bits per heavy atom. The van der Waals surface area contributed by atoms with Crippen molar-refractivity contribution in [2.45, 2.75) is 64.3 Å². The molecule has 2 atom stereocenters. The van der Waals surface area contributed by atoms with Gasteiger partial charge >= 0.3 is 0 Å². The number of nitrogens with zero attached hydrogens (tertiary/aromatic N) is 5. The van der Waals surface area contributed by atoms with E-state index >= 15 is 0 Å². The molecule has 3 aromatic rings. The van der Waals surface area contributed by atoms with Crippen LogP contribution in [-0.4, -0.2) is 37.3 Å². The number of amidine groups is 1. The normalized spacial score (nSPS) is 20.1. The van der Waals surface area contributed by atoms with Gasteiger partial charge in [-0.25, -0.2) is 9.67 Å². The molecule has 1 saturated carbocycles. The van der Waals surface area contributed by atoms with Crippen LogP contribution in [0.5, 0.6) is 5.75 Å². The quantitative estimate of drug-likeness (QED) is 0.399. The maximum atomic E-state index is 6.52. The van der Waals surface area contributed by atoms with Gasteiger partial charge in [-0.3, -0.25) is 4.99 Å². The summed E-state index contributed by atoms with van der Waals surface area (Å²) in [5.74, 6) is 1.59. The van der Waals surface area contributed by atoms with Gasteiger partial charge in [-0.2, -0.15) is 5.10 Å². The summed E-state index contributed by atoms with van der Waals surface area (Å²) >= 11 is 12.0. The van der Waals surface area contributed by atoms with E-state index < -0.39 is 6.23 Å². The number of anilines is 1. The van der Waals surface area contributed by atoms with Gasteiger partial charge in [0.1, 0.15) is 35.8 Å². The third-order valence-corrected chi connectivity index (χ3v) is 7.47. The van der Waals surface area contributed by atoms with Crippen molar-refractivity contribution in [3.63, 3.8) is 0 Å². The number of thiocarbonyl (C=S) groups is 1. The summed E-state index contributed by atoms with van der Waals surface area (Å²) in [6.45, 7) is 6.50. The second-order valence-corrected chi connectivity index (χ2v) is 11.3. The predicted molar refractivity (Wildman–Crippen MR) is 148 cm³/mol. The maximum absolute atomic E-state index is 6.52. The number of benzene rings is 2. The average molecular weight is 523 g/mol. The lowest BCUT2D eigenvalue weighted by molar-refractivity contribution is 0.0470. The molecule has 9 heteroatoms. The van der Waals surface area contributed by atoms with Crippen LogP contribution in [0.15, 0.2) is 72.2 Å². The van der Waals surface area contributed by atoms with Crippen molar-refractivity contribution < 1.29 is 4.74 Å². The van der Waals surface area contributed by atoms with Gasteiger partial charge < -0.3 is 15.0 Å². The fourth-order valence-electron chi connectivity index (χ4n) is 5.18. The fraction of sp³-hybridized carbons (Fsp3) is 0.407. The Balaban J connectivity index is 1.59. The molecule has 2 heterocycles. The molecule has 188 valence electrons. The van der Waals surface area contributed by atoms with E-state index in [0.29, 0.717) is 15.9 Å². The highest BCUT2D eigenvalue weighted by atomic mass is 35.5. The summed E-state index contributed by atoms with van der Waals surface area (Å²) in [4.78, 5) is 11.9. The first-order valence-corrected chi connectivity index (χ1v) is 13.1. The van der Waals surface area contributed by atoms with E-state index in [0.717, 1.165) is 37.2 Å². The SMILES string of the molecule is CC(C)(C)C(N=C1NC(=S)N(c2ccccc2)C12CCCC2)C(Oc1ccc(Cl)cc1)n1cncn1. The van der Waals surface area contributed by atoms with Crippen LogP contribution in [0, 0.1) is 5.41 Å². The highest BCUT2D eigenvalue weighted by Gasteiger charge is 2.52. The van der Waals surface area contributed by atoms with E-state index in [1.165, 1.54) is 6.33 Å². The van der Waals surface area contributed by atoms with Crippen molar-refractivity contribution in [2.75, 3.05) is 4.90 Å². The van der Waals surface area contributed by atoms with Crippen molar-refractivity contribution in [3.05, 3.63) is 72.3 Å². The minimum absolute atomic E-state index is 0.265. The zero-order chi connectivity index (χ0) is 25.3. The number of hydrogen-bond donors (Lipinski definition) is 1. The van der Waals surface area contributed by atoms with Crippen LogP contribution < -0.4 is 15.0 Å². The first-order chi connectivity index (χ1) is 17.3. The molecule has 1 saturated heterocycles. The molecule has 7 nitrogen and oxygen atoms in total. The van der Waals surface area contributed by atoms with Crippen LogP contribution in [0.25, 0.3) is 0 Å². The van der Waals surface area contributed by atoms with Gasteiger partial charge in [-0.1, -0.05) is 63.4 Å². The van der Waals surface area contributed by atoms with Crippen molar-refractivity contribution >= 4 is 40.5 Å². The number of ether oxygens (including phenoxy) is 1. The van der Waals surface area contributed by atoms with Crippen molar-refractivity contribution in [1.82, 2.24) is 20.1 Å². The van der Waals surface area contributed by atoms with Gasteiger partial charge in [0.25, 0.3) is 0 Å². The number of halogens is 1. The van der Waals surface area contributed by atoms with Gasteiger partial charge in [0, 0.05) is 10.7 Å². The highest BCUT2D eigenvalue weighted by molar-refractivity contribution is 7.80. The number of para-hydroxylation sites is 1. The monoisotopic (exact) mass is 522 g/mol. The van der Waals surface area contributed by atoms with Gasteiger partial charge in [0.2, 0.25) is 6.23 Å². The summed E-state index contributed by atoms with van der Waals surface area (Å²) < 4.78 is 8.26. The van der Waals surface area contributed by atoms with Crippen molar-refractivity contribution in [1.29, 1.82) is 0 Å². The fourth-order valence-corrected chi connectivity index (χ4v) is 5.68. The first kappa shape index (κ1) is 24.7. The van der Waals surface area contributed by atoms with E-state index in [-0.39, 0.29) is 17.0 Å². The van der Waals surface area contributed by atoms with Crippen LogP contribution in [0.1, 0.15) is 52.7 Å². The van der Waals surface area contributed by atoms with E-state index in [1.807, 2.05) is 42.5 Å². The average Bonchev–Trinajstić information content (AvgIpc) is 3.60. The van der Waals surface area contributed by atoms with Gasteiger partial charge in [-0.15, -0.1) is 0 Å². The van der Waals surface area contributed by atoms with Crippen molar-refractivity contribution in [2.24, 2.45) is 10.4 Å². The molecule has 1 spiro atoms. The summed E-state index contributed by atoms with van der Waals surface area (Å²) in [5.41, 5.74) is 0.522. The highest BCUT2D eigenvalue weighted by Crippen LogP contribution is 2.43. The second-order valence-electron chi connectivity index (χ2n) is 10.5. The Kier molecular flexibility index (Phi) is 6.74. The lowest BCUT2D eigenvalue weighted by Gasteiger charge is -2.37. The van der Waals surface area contributed by atoms with Gasteiger partial charge in [-0.05, 0) is 66.9 Å². The second kappa shape index (κ2) is 9.82. The molecule has 36 heavy (non-hydrogen) atoms. The number of hydrogen-bond acceptors (Lipinski definition) is 5. The van der Waals surface area contributed by atoms with Gasteiger partial charge in [0.05, 0.1) is 0 Å². The Hall–Kier alpha value is -2.97. The molecule has 1 N–H and O–H groups in total. The minimum Gasteiger partial charge on any atom is -0.466 e. The lowest BCUT2D eigenvalue weighted by atomic mass is 9.85.